The van der Waals surface area contributed by atoms with Crippen LogP contribution in [0, 0.1) is 0 Å². The van der Waals surface area contributed by atoms with Gasteiger partial charge in [0.25, 0.3) is 5.56 Å². The Kier molecular flexibility index (Phi) is 3.88. The Balaban J connectivity index is 2.80. The van der Waals surface area contributed by atoms with Gasteiger partial charge in [0.2, 0.25) is 0 Å². The fraction of sp³-hybridized carbons (Fsp3) is 0.400. The van der Waals surface area contributed by atoms with Gasteiger partial charge in [0.1, 0.15) is 0 Å². The number of hydrogen-bond donors (Lipinski definition) is 0. The van der Waals surface area contributed by atoms with Crippen LogP contribution in [0.25, 0.3) is 10.9 Å². The first kappa shape index (κ1) is 14.6. The highest BCUT2D eigenvalue weighted by atomic mass is 19.4. The monoisotopic (exact) mass is 283 g/mol. The van der Waals surface area contributed by atoms with Crippen LogP contribution in [0.5, 0.6) is 0 Å². The molecule has 108 valence electrons. The molecule has 0 saturated heterocycles. The zero-order valence-corrected chi connectivity index (χ0v) is 11.4. The molecule has 20 heavy (non-hydrogen) atoms. The quantitative estimate of drug-likeness (QED) is 0.819. The summed E-state index contributed by atoms with van der Waals surface area (Å²) in [5.41, 5.74) is -1.12. The second-order valence-corrected chi connectivity index (χ2v) is 4.92. The van der Waals surface area contributed by atoms with E-state index < -0.39 is 17.3 Å². The van der Waals surface area contributed by atoms with E-state index >= 15 is 0 Å². The third-order valence-corrected chi connectivity index (χ3v) is 3.41. The van der Waals surface area contributed by atoms with Crippen molar-refractivity contribution in [3.63, 3.8) is 0 Å². The molecule has 5 heteroatoms. The lowest BCUT2D eigenvalue weighted by Gasteiger charge is -2.19. The predicted octanol–water partition coefficient (Wildman–Crippen LogP) is 4.38. The predicted molar refractivity (Wildman–Crippen MR) is 72.8 cm³/mol. The molecule has 1 atom stereocenters. The molecule has 0 aliphatic rings. The Morgan fingerprint density at radius 2 is 1.90 bits per heavy atom. The first-order valence-electron chi connectivity index (χ1n) is 6.57. The summed E-state index contributed by atoms with van der Waals surface area (Å²) < 4.78 is 40.5. The SMILES string of the molecule is CCCC(C)n1c(=O)cc(C(F)(F)F)c2ccccc21. The summed E-state index contributed by atoms with van der Waals surface area (Å²) in [7, 11) is 0. The summed E-state index contributed by atoms with van der Waals surface area (Å²) >= 11 is 0. The lowest BCUT2D eigenvalue weighted by atomic mass is 10.1. The number of aromatic nitrogens is 1. The second kappa shape index (κ2) is 5.31. The Hall–Kier alpha value is -1.78. The van der Waals surface area contributed by atoms with E-state index in [1.165, 1.54) is 10.6 Å². The van der Waals surface area contributed by atoms with Crippen LogP contribution in [0.3, 0.4) is 0 Å². The van der Waals surface area contributed by atoms with E-state index in [9.17, 15) is 18.0 Å². The molecule has 0 amide bonds. The van der Waals surface area contributed by atoms with Gasteiger partial charge in [-0.25, -0.2) is 0 Å². The molecule has 0 fully saturated rings. The van der Waals surface area contributed by atoms with E-state index in [0.29, 0.717) is 11.6 Å². The topological polar surface area (TPSA) is 22.0 Å². The van der Waals surface area contributed by atoms with Gasteiger partial charge in [-0.1, -0.05) is 31.5 Å². The maximum atomic E-state index is 13.0. The normalized spacial score (nSPS) is 13.7. The van der Waals surface area contributed by atoms with Gasteiger partial charge in [0.15, 0.2) is 0 Å². The number of nitrogens with zero attached hydrogens (tertiary/aromatic N) is 1. The highest BCUT2D eigenvalue weighted by Crippen LogP contribution is 2.34. The Morgan fingerprint density at radius 1 is 1.25 bits per heavy atom. The van der Waals surface area contributed by atoms with Crippen LogP contribution < -0.4 is 5.56 Å². The van der Waals surface area contributed by atoms with Crippen LogP contribution in [0.4, 0.5) is 13.2 Å². The number of alkyl halides is 3. The van der Waals surface area contributed by atoms with E-state index in [1.54, 1.807) is 18.2 Å². The first-order valence-corrected chi connectivity index (χ1v) is 6.57. The van der Waals surface area contributed by atoms with Crippen molar-refractivity contribution in [3.05, 3.63) is 46.2 Å². The summed E-state index contributed by atoms with van der Waals surface area (Å²) in [6.07, 6.45) is -2.91. The van der Waals surface area contributed by atoms with E-state index in [1.807, 2.05) is 13.8 Å². The average molecular weight is 283 g/mol. The van der Waals surface area contributed by atoms with Crippen molar-refractivity contribution in [2.24, 2.45) is 0 Å². The van der Waals surface area contributed by atoms with Gasteiger partial charge >= 0.3 is 6.18 Å². The zero-order valence-electron chi connectivity index (χ0n) is 11.4. The minimum atomic E-state index is -4.52. The third-order valence-electron chi connectivity index (χ3n) is 3.41. The summed E-state index contributed by atoms with van der Waals surface area (Å²) in [5.74, 6) is 0. The fourth-order valence-electron chi connectivity index (χ4n) is 2.54. The van der Waals surface area contributed by atoms with Crippen molar-refractivity contribution in [2.45, 2.75) is 38.9 Å². The molecule has 2 aromatic rings. The Morgan fingerprint density at radius 3 is 2.50 bits per heavy atom. The number of rotatable bonds is 3. The summed E-state index contributed by atoms with van der Waals surface area (Å²) in [4.78, 5) is 12.1. The van der Waals surface area contributed by atoms with Crippen molar-refractivity contribution in [2.75, 3.05) is 0 Å². The van der Waals surface area contributed by atoms with Gasteiger partial charge in [-0.05, 0) is 19.4 Å². The van der Waals surface area contributed by atoms with Crippen molar-refractivity contribution in [1.29, 1.82) is 0 Å². The van der Waals surface area contributed by atoms with Gasteiger partial charge in [-0.3, -0.25) is 4.79 Å². The molecule has 0 saturated carbocycles. The highest BCUT2D eigenvalue weighted by molar-refractivity contribution is 5.83. The standard InChI is InChI=1S/C15H16F3NO/c1-3-6-10(2)19-13-8-5-4-7-11(13)12(9-14(19)20)15(16,17)18/h4-5,7-10H,3,6H2,1-2H3. The molecule has 1 aromatic heterocycles. The molecule has 2 nitrogen and oxygen atoms in total. The largest absolute Gasteiger partial charge is 0.417 e. The molecule has 1 aromatic carbocycles. The first-order chi connectivity index (χ1) is 9.36. The highest BCUT2D eigenvalue weighted by Gasteiger charge is 2.34. The lowest BCUT2D eigenvalue weighted by molar-refractivity contribution is -0.136. The molecular formula is C15H16F3NO. The summed E-state index contributed by atoms with van der Waals surface area (Å²) in [5, 5.41) is 0.0718. The summed E-state index contributed by atoms with van der Waals surface area (Å²) in [6.45, 7) is 3.83. The fourth-order valence-corrected chi connectivity index (χ4v) is 2.54. The van der Waals surface area contributed by atoms with Crippen LogP contribution in [0.2, 0.25) is 0 Å². The number of para-hydroxylation sites is 1. The van der Waals surface area contributed by atoms with Gasteiger partial charge in [0.05, 0.1) is 11.1 Å². The summed E-state index contributed by atoms with van der Waals surface area (Å²) in [6, 6.07) is 6.76. The molecule has 0 aliphatic carbocycles. The van der Waals surface area contributed by atoms with E-state index in [2.05, 4.69) is 0 Å². The van der Waals surface area contributed by atoms with Gasteiger partial charge in [-0.2, -0.15) is 13.2 Å². The van der Waals surface area contributed by atoms with Crippen molar-refractivity contribution in [3.8, 4) is 0 Å². The molecule has 0 bridgehead atoms. The molecule has 1 heterocycles. The van der Waals surface area contributed by atoms with Crippen molar-refractivity contribution >= 4 is 10.9 Å². The molecule has 2 rings (SSSR count). The maximum Gasteiger partial charge on any atom is 0.417 e. The van der Waals surface area contributed by atoms with Crippen molar-refractivity contribution in [1.82, 2.24) is 4.57 Å². The number of benzene rings is 1. The molecule has 0 radical (unpaired) electrons. The van der Waals surface area contributed by atoms with E-state index in [-0.39, 0.29) is 11.4 Å². The molecule has 1 unspecified atom stereocenters. The van der Waals surface area contributed by atoms with Gasteiger partial charge in [0, 0.05) is 17.5 Å². The van der Waals surface area contributed by atoms with Crippen LogP contribution >= 0.6 is 0 Å². The lowest BCUT2D eigenvalue weighted by Crippen LogP contribution is -2.25. The van der Waals surface area contributed by atoms with Crippen LogP contribution in [-0.2, 0) is 6.18 Å². The second-order valence-electron chi connectivity index (χ2n) is 4.92. The van der Waals surface area contributed by atoms with Gasteiger partial charge in [-0.15, -0.1) is 0 Å². The van der Waals surface area contributed by atoms with Crippen LogP contribution in [0.15, 0.2) is 35.1 Å². The smallest absolute Gasteiger partial charge is 0.305 e. The van der Waals surface area contributed by atoms with E-state index in [0.717, 1.165) is 12.8 Å². The van der Waals surface area contributed by atoms with Crippen LogP contribution in [-0.4, -0.2) is 4.57 Å². The van der Waals surface area contributed by atoms with Gasteiger partial charge < -0.3 is 4.57 Å². The van der Waals surface area contributed by atoms with Crippen molar-refractivity contribution < 1.29 is 13.2 Å². The van der Waals surface area contributed by atoms with Crippen LogP contribution in [0.1, 0.15) is 38.3 Å². The molecular weight excluding hydrogens is 267 g/mol. The number of fused-ring (bicyclic) bond motifs is 1. The minimum absolute atomic E-state index is 0.0718. The minimum Gasteiger partial charge on any atom is -0.305 e. The van der Waals surface area contributed by atoms with E-state index in [4.69, 9.17) is 0 Å². The molecule has 0 spiro atoms. The number of halogens is 3. The Labute approximate surface area is 114 Å². The number of pyridine rings is 1. The molecule has 0 N–H and O–H groups in total. The third kappa shape index (κ3) is 2.57. The zero-order chi connectivity index (χ0) is 14.9. The average Bonchev–Trinajstić information content (AvgIpc) is 2.36. The molecule has 0 aliphatic heterocycles. The Bertz CT molecular complexity index is 673. The maximum absolute atomic E-state index is 13.0. The number of hydrogen-bond acceptors (Lipinski definition) is 1.